The Balaban J connectivity index is 1.92. The van der Waals surface area contributed by atoms with Crippen LogP contribution in [0.3, 0.4) is 0 Å². The zero-order valence-electron chi connectivity index (χ0n) is 13.7. The lowest BCUT2D eigenvalue weighted by atomic mass is 10.1. The lowest BCUT2D eigenvalue weighted by Crippen LogP contribution is -1.96. The molecule has 0 aliphatic carbocycles. The van der Waals surface area contributed by atoms with E-state index in [1.54, 1.807) is 12.1 Å². The highest BCUT2D eigenvalue weighted by molar-refractivity contribution is 6.31. The van der Waals surface area contributed by atoms with Crippen molar-refractivity contribution in [1.29, 1.82) is 0 Å². The molecule has 1 heterocycles. The van der Waals surface area contributed by atoms with Crippen molar-refractivity contribution in [2.45, 2.75) is 0 Å². The lowest BCUT2D eigenvalue weighted by Gasteiger charge is -2.09. The first-order valence-electron chi connectivity index (χ1n) is 8.16. The highest BCUT2D eigenvalue weighted by Gasteiger charge is 2.11. The van der Waals surface area contributed by atoms with Gasteiger partial charge in [-0.2, -0.15) is 0 Å². The Hall–Kier alpha value is -3.04. The summed E-state index contributed by atoms with van der Waals surface area (Å²) >= 11 is 5.96. The second kappa shape index (κ2) is 7.06. The van der Waals surface area contributed by atoms with Crippen LogP contribution in [0.2, 0.25) is 5.02 Å². The zero-order valence-corrected chi connectivity index (χ0v) is 14.5. The molecule has 3 aromatic carbocycles. The van der Waals surface area contributed by atoms with Gasteiger partial charge in [-0.15, -0.1) is 0 Å². The second-order valence-corrected chi connectivity index (χ2v) is 6.23. The van der Waals surface area contributed by atoms with E-state index in [4.69, 9.17) is 16.6 Å². The van der Waals surface area contributed by atoms with E-state index in [9.17, 15) is 4.39 Å². The number of benzene rings is 3. The van der Waals surface area contributed by atoms with Crippen molar-refractivity contribution in [3.63, 3.8) is 0 Å². The average Bonchev–Trinajstić information content (AvgIpc) is 2.71. The van der Waals surface area contributed by atoms with Crippen LogP contribution in [0, 0.1) is 5.82 Å². The van der Waals surface area contributed by atoms with Gasteiger partial charge in [-0.1, -0.05) is 72.3 Å². The van der Waals surface area contributed by atoms with Gasteiger partial charge in [0.05, 0.1) is 16.4 Å². The number of hydrogen-bond donors (Lipinski definition) is 0. The molecule has 0 saturated carbocycles. The Morgan fingerprint density at radius 2 is 1.19 bits per heavy atom. The van der Waals surface area contributed by atoms with Gasteiger partial charge < -0.3 is 0 Å². The van der Waals surface area contributed by atoms with Crippen molar-refractivity contribution in [3.8, 4) is 33.9 Å². The van der Waals surface area contributed by atoms with Gasteiger partial charge in [0.25, 0.3) is 0 Å². The molecular weight excluding hydrogens is 347 g/mol. The second-order valence-electron chi connectivity index (χ2n) is 5.82. The van der Waals surface area contributed by atoms with E-state index < -0.39 is 5.82 Å². The number of nitrogens with zero attached hydrogens (tertiary/aromatic N) is 2. The van der Waals surface area contributed by atoms with Gasteiger partial charge >= 0.3 is 0 Å². The summed E-state index contributed by atoms with van der Waals surface area (Å²) in [6, 6.07) is 26.2. The molecule has 4 aromatic rings. The zero-order chi connectivity index (χ0) is 17.9. The third-order valence-electron chi connectivity index (χ3n) is 4.04. The van der Waals surface area contributed by atoms with E-state index in [-0.39, 0.29) is 5.02 Å². The van der Waals surface area contributed by atoms with Gasteiger partial charge in [0.15, 0.2) is 5.82 Å². The van der Waals surface area contributed by atoms with Crippen LogP contribution < -0.4 is 0 Å². The number of hydrogen-bond acceptors (Lipinski definition) is 2. The Kier molecular flexibility index (Phi) is 4.46. The summed E-state index contributed by atoms with van der Waals surface area (Å²) in [6.45, 7) is 0. The maximum absolute atomic E-state index is 13.5. The molecule has 0 fully saturated rings. The Labute approximate surface area is 156 Å². The average molecular weight is 361 g/mol. The third kappa shape index (κ3) is 3.35. The summed E-state index contributed by atoms with van der Waals surface area (Å²) in [5, 5.41) is 0.0728. The summed E-state index contributed by atoms with van der Waals surface area (Å²) in [6.07, 6.45) is 0. The van der Waals surface area contributed by atoms with Crippen molar-refractivity contribution >= 4 is 11.6 Å². The van der Waals surface area contributed by atoms with Crippen molar-refractivity contribution in [1.82, 2.24) is 9.97 Å². The minimum absolute atomic E-state index is 0.0728. The van der Waals surface area contributed by atoms with Crippen molar-refractivity contribution in [2.75, 3.05) is 0 Å². The highest BCUT2D eigenvalue weighted by Crippen LogP contribution is 2.29. The molecule has 26 heavy (non-hydrogen) atoms. The molecule has 0 unspecified atom stereocenters. The maximum Gasteiger partial charge on any atom is 0.160 e. The minimum atomic E-state index is -0.448. The molecule has 0 aliphatic heterocycles. The molecule has 0 bridgehead atoms. The standard InChI is InChI=1S/C22H14ClFN2/c23-18-13-17(11-12-19(18)24)21-14-20(15-7-3-1-4-8-15)25-22(26-21)16-9-5-2-6-10-16/h1-14H. The topological polar surface area (TPSA) is 25.8 Å². The monoisotopic (exact) mass is 360 g/mol. The van der Waals surface area contributed by atoms with E-state index >= 15 is 0 Å². The fraction of sp³-hybridized carbons (Fsp3) is 0. The van der Waals surface area contributed by atoms with E-state index in [1.165, 1.54) is 6.07 Å². The van der Waals surface area contributed by atoms with Crippen LogP contribution >= 0.6 is 11.6 Å². The summed E-state index contributed by atoms with van der Waals surface area (Å²) in [7, 11) is 0. The molecule has 2 nitrogen and oxygen atoms in total. The van der Waals surface area contributed by atoms with Crippen LogP contribution in [-0.4, -0.2) is 9.97 Å². The lowest BCUT2D eigenvalue weighted by molar-refractivity contribution is 0.628. The SMILES string of the molecule is Fc1ccc(-c2cc(-c3ccccc3)nc(-c3ccccc3)n2)cc1Cl. The van der Waals surface area contributed by atoms with Gasteiger partial charge in [-0.3, -0.25) is 0 Å². The van der Waals surface area contributed by atoms with Crippen molar-refractivity contribution in [2.24, 2.45) is 0 Å². The molecular formula is C22H14ClFN2. The first kappa shape index (κ1) is 16.4. The van der Waals surface area contributed by atoms with Gasteiger partial charge in [-0.05, 0) is 24.3 Å². The predicted molar refractivity (Wildman–Crippen MR) is 103 cm³/mol. The Morgan fingerprint density at radius 1 is 0.615 bits per heavy atom. The molecule has 0 spiro atoms. The molecule has 4 rings (SSSR count). The fourth-order valence-corrected chi connectivity index (χ4v) is 2.90. The molecule has 0 saturated heterocycles. The molecule has 0 radical (unpaired) electrons. The summed E-state index contributed by atoms with van der Waals surface area (Å²) < 4.78 is 13.5. The molecule has 4 heteroatoms. The Morgan fingerprint density at radius 3 is 1.81 bits per heavy atom. The van der Waals surface area contributed by atoms with Crippen LogP contribution in [0.4, 0.5) is 4.39 Å². The van der Waals surface area contributed by atoms with Crippen molar-refractivity contribution in [3.05, 3.63) is 95.8 Å². The van der Waals surface area contributed by atoms with E-state index in [2.05, 4.69) is 4.98 Å². The highest BCUT2D eigenvalue weighted by atomic mass is 35.5. The predicted octanol–water partition coefficient (Wildman–Crippen LogP) is 6.27. The van der Waals surface area contributed by atoms with Crippen molar-refractivity contribution < 1.29 is 4.39 Å². The summed E-state index contributed by atoms with van der Waals surface area (Å²) in [5.74, 6) is 0.165. The quantitative estimate of drug-likeness (QED) is 0.430. The number of aromatic nitrogens is 2. The number of rotatable bonds is 3. The molecule has 0 N–H and O–H groups in total. The van der Waals surface area contributed by atoms with Gasteiger partial charge in [0, 0.05) is 16.7 Å². The van der Waals surface area contributed by atoms with Crippen LogP contribution in [-0.2, 0) is 0 Å². The number of halogens is 2. The minimum Gasteiger partial charge on any atom is -0.228 e. The van der Waals surface area contributed by atoms with Gasteiger partial charge in [0.1, 0.15) is 5.82 Å². The van der Waals surface area contributed by atoms with Crippen LogP contribution in [0.25, 0.3) is 33.9 Å². The third-order valence-corrected chi connectivity index (χ3v) is 4.33. The smallest absolute Gasteiger partial charge is 0.160 e. The first-order chi connectivity index (χ1) is 12.7. The summed E-state index contributed by atoms with van der Waals surface area (Å²) in [5.41, 5.74) is 4.14. The van der Waals surface area contributed by atoms with E-state index in [1.807, 2.05) is 66.7 Å². The molecule has 126 valence electrons. The fourth-order valence-electron chi connectivity index (χ4n) is 2.72. The van der Waals surface area contributed by atoms with E-state index in [0.29, 0.717) is 11.5 Å². The molecule has 1 aromatic heterocycles. The summed E-state index contributed by atoms with van der Waals surface area (Å²) in [4.78, 5) is 9.40. The maximum atomic E-state index is 13.5. The van der Waals surface area contributed by atoms with Crippen LogP contribution in [0.15, 0.2) is 84.9 Å². The van der Waals surface area contributed by atoms with Crippen LogP contribution in [0.1, 0.15) is 0 Å². The van der Waals surface area contributed by atoms with E-state index in [0.717, 1.165) is 22.4 Å². The molecule has 0 aliphatic rings. The normalized spacial score (nSPS) is 10.7. The van der Waals surface area contributed by atoms with Gasteiger partial charge in [-0.25, -0.2) is 14.4 Å². The molecule has 0 atom stereocenters. The molecule has 0 amide bonds. The first-order valence-corrected chi connectivity index (χ1v) is 8.54. The van der Waals surface area contributed by atoms with Gasteiger partial charge in [0.2, 0.25) is 0 Å². The van der Waals surface area contributed by atoms with Crippen LogP contribution in [0.5, 0.6) is 0 Å². The Bertz CT molecular complexity index is 992. The largest absolute Gasteiger partial charge is 0.228 e.